The van der Waals surface area contributed by atoms with E-state index in [4.69, 9.17) is 9.47 Å². The van der Waals surface area contributed by atoms with Gasteiger partial charge < -0.3 is 14.6 Å². The van der Waals surface area contributed by atoms with Gasteiger partial charge in [-0.1, -0.05) is 56.3 Å². The van der Waals surface area contributed by atoms with Crippen molar-refractivity contribution in [3.8, 4) is 0 Å². The second-order valence-electron chi connectivity index (χ2n) is 8.69. The lowest BCUT2D eigenvalue weighted by Gasteiger charge is -2.27. The maximum Gasteiger partial charge on any atom is 0.0717 e. The normalized spacial score (nSPS) is 28.3. The Morgan fingerprint density at radius 2 is 1.85 bits per heavy atom. The minimum atomic E-state index is 0.0215. The van der Waals surface area contributed by atoms with E-state index in [0.29, 0.717) is 30.7 Å². The fraction of sp³-hybridized carbons (Fsp3) is 0.652. The minimum Gasteiger partial charge on any atom is -0.396 e. The van der Waals surface area contributed by atoms with Crippen molar-refractivity contribution >= 4 is 0 Å². The molecule has 2 saturated heterocycles. The fourth-order valence-electron chi connectivity index (χ4n) is 4.24. The van der Waals surface area contributed by atoms with Crippen LogP contribution in [0.15, 0.2) is 42.5 Å². The number of rotatable bonds is 10. The molecule has 0 unspecified atom stereocenters. The maximum atomic E-state index is 9.34. The summed E-state index contributed by atoms with van der Waals surface area (Å²) in [6.07, 6.45) is 11.0. The average Bonchev–Trinajstić information content (AvgIpc) is 3.24. The Kier molecular flexibility index (Phi) is 6.91. The molecule has 0 aromatic heterocycles. The first-order chi connectivity index (χ1) is 12.6. The van der Waals surface area contributed by atoms with E-state index in [1.54, 1.807) is 0 Å². The summed E-state index contributed by atoms with van der Waals surface area (Å²) in [4.78, 5) is 0. The van der Waals surface area contributed by atoms with Gasteiger partial charge in [0.05, 0.1) is 25.4 Å². The van der Waals surface area contributed by atoms with Crippen LogP contribution in [0.5, 0.6) is 0 Å². The number of aliphatic hydroxyl groups is 1. The molecule has 1 aromatic carbocycles. The Morgan fingerprint density at radius 1 is 1.12 bits per heavy atom. The standard InChI is InChI=1S/C23H34O3/c1-23(2,17-24)14-8-4-7-11-19-20(22-13-12-21(19)26-22)16-25-15-18-9-5-3-6-10-18/h3-7,9-10,19-22,24H,8,11-17H2,1-2H3/t19-,20+,21-,22+/m1/s1. The first-order valence-electron chi connectivity index (χ1n) is 10.1. The van der Waals surface area contributed by atoms with Gasteiger partial charge >= 0.3 is 0 Å². The molecule has 2 heterocycles. The molecular formula is C23H34O3. The van der Waals surface area contributed by atoms with E-state index in [-0.39, 0.29) is 12.0 Å². The Morgan fingerprint density at radius 3 is 2.58 bits per heavy atom. The third-order valence-corrected chi connectivity index (χ3v) is 6.00. The molecule has 0 spiro atoms. The Labute approximate surface area is 158 Å². The molecule has 0 radical (unpaired) electrons. The summed E-state index contributed by atoms with van der Waals surface area (Å²) in [6.45, 7) is 5.97. The SMILES string of the molecule is CC(C)(CO)CCC=CC[C@@H]1[C@H](COCc2ccccc2)[C@@H]2CC[C@H]1O2. The topological polar surface area (TPSA) is 38.7 Å². The van der Waals surface area contributed by atoms with Crippen molar-refractivity contribution in [2.75, 3.05) is 13.2 Å². The van der Waals surface area contributed by atoms with Crippen LogP contribution in [-0.4, -0.2) is 30.5 Å². The molecule has 1 N–H and O–H groups in total. The Bertz CT molecular complexity index is 566. The number of fused-ring (bicyclic) bond motifs is 2. The van der Waals surface area contributed by atoms with Gasteiger partial charge in [0.2, 0.25) is 0 Å². The van der Waals surface area contributed by atoms with Gasteiger partial charge in [-0.2, -0.15) is 0 Å². The van der Waals surface area contributed by atoms with Gasteiger partial charge in [0.15, 0.2) is 0 Å². The van der Waals surface area contributed by atoms with Crippen LogP contribution in [0.4, 0.5) is 0 Å². The van der Waals surface area contributed by atoms with Crippen molar-refractivity contribution < 1.29 is 14.6 Å². The molecule has 2 fully saturated rings. The minimum absolute atomic E-state index is 0.0215. The van der Waals surface area contributed by atoms with Crippen molar-refractivity contribution in [2.24, 2.45) is 17.3 Å². The molecule has 0 saturated carbocycles. The number of hydrogen-bond acceptors (Lipinski definition) is 3. The summed E-state index contributed by atoms with van der Waals surface area (Å²) in [6, 6.07) is 10.4. The number of aliphatic hydroxyl groups excluding tert-OH is 1. The number of ether oxygens (including phenoxy) is 2. The van der Waals surface area contributed by atoms with E-state index in [0.717, 1.165) is 25.9 Å². The zero-order valence-electron chi connectivity index (χ0n) is 16.3. The highest BCUT2D eigenvalue weighted by Gasteiger charge is 2.48. The van der Waals surface area contributed by atoms with Gasteiger partial charge in [-0.3, -0.25) is 0 Å². The fourth-order valence-corrected chi connectivity index (χ4v) is 4.24. The van der Waals surface area contributed by atoms with Crippen LogP contribution >= 0.6 is 0 Å². The molecular weight excluding hydrogens is 324 g/mol. The highest BCUT2D eigenvalue weighted by atomic mass is 16.5. The van der Waals surface area contributed by atoms with Crippen molar-refractivity contribution in [1.82, 2.24) is 0 Å². The third kappa shape index (κ3) is 5.18. The summed E-state index contributed by atoms with van der Waals surface area (Å²) >= 11 is 0. The second-order valence-corrected chi connectivity index (χ2v) is 8.69. The third-order valence-electron chi connectivity index (χ3n) is 6.00. The maximum absolute atomic E-state index is 9.34. The largest absolute Gasteiger partial charge is 0.396 e. The van der Waals surface area contributed by atoms with Gasteiger partial charge in [-0.25, -0.2) is 0 Å². The summed E-state index contributed by atoms with van der Waals surface area (Å²) in [5.74, 6) is 1.11. The van der Waals surface area contributed by atoms with E-state index >= 15 is 0 Å². The van der Waals surface area contributed by atoms with Crippen molar-refractivity contribution in [1.29, 1.82) is 0 Å². The van der Waals surface area contributed by atoms with E-state index in [1.807, 2.05) is 6.07 Å². The molecule has 3 rings (SSSR count). The molecule has 1 aromatic rings. The lowest BCUT2D eigenvalue weighted by atomic mass is 9.78. The van der Waals surface area contributed by atoms with Crippen molar-refractivity contribution in [3.05, 3.63) is 48.0 Å². The van der Waals surface area contributed by atoms with E-state index in [2.05, 4.69) is 50.3 Å². The molecule has 0 amide bonds. The van der Waals surface area contributed by atoms with Crippen molar-refractivity contribution in [3.63, 3.8) is 0 Å². The molecule has 4 atom stereocenters. The van der Waals surface area contributed by atoms with E-state index in [1.165, 1.54) is 18.4 Å². The summed E-state index contributed by atoms with van der Waals surface area (Å²) < 4.78 is 12.2. The molecule has 2 aliphatic rings. The van der Waals surface area contributed by atoms with Gasteiger partial charge in [-0.05, 0) is 49.0 Å². The van der Waals surface area contributed by atoms with Crippen LogP contribution < -0.4 is 0 Å². The van der Waals surface area contributed by atoms with E-state index < -0.39 is 0 Å². The Balaban J connectivity index is 1.44. The first kappa shape index (κ1) is 19.6. The van der Waals surface area contributed by atoms with Crippen LogP contribution in [0, 0.1) is 17.3 Å². The highest BCUT2D eigenvalue weighted by molar-refractivity contribution is 5.13. The van der Waals surface area contributed by atoms with Gasteiger partial charge in [0, 0.05) is 12.5 Å². The quantitative estimate of drug-likeness (QED) is 0.614. The second kappa shape index (κ2) is 9.16. The Hall–Kier alpha value is -1.16. The number of hydrogen-bond donors (Lipinski definition) is 1. The first-order valence-corrected chi connectivity index (χ1v) is 10.1. The number of benzene rings is 1. The zero-order valence-corrected chi connectivity index (χ0v) is 16.3. The predicted molar refractivity (Wildman–Crippen MR) is 105 cm³/mol. The lowest BCUT2D eigenvalue weighted by molar-refractivity contribution is 0.0419. The van der Waals surface area contributed by atoms with E-state index in [9.17, 15) is 5.11 Å². The van der Waals surface area contributed by atoms with Crippen LogP contribution in [-0.2, 0) is 16.1 Å². The van der Waals surface area contributed by atoms with Crippen LogP contribution in [0.2, 0.25) is 0 Å². The van der Waals surface area contributed by atoms with Crippen LogP contribution in [0.3, 0.4) is 0 Å². The van der Waals surface area contributed by atoms with Gasteiger partial charge in [0.1, 0.15) is 0 Å². The van der Waals surface area contributed by atoms with Crippen molar-refractivity contribution in [2.45, 2.75) is 64.8 Å². The average molecular weight is 359 g/mol. The highest BCUT2D eigenvalue weighted by Crippen LogP contribution is 2.45. The summed E-state index contributed by atoms with van der Waals surface area (Å²) in [5, 5.41) is 9.34. The smallest absolute Gasteiger partial charge is 0.0717 e. The zero-order chi connectivity index (χ0) is 18.4. The molecule has 26 heavy (non-hydrogen) atoms. The number of allylic oxidation sites excluding steroid dienone is 2. The van der Waals surface area contributed by atoms with Gasteiger partial charge in [-0.15, -0.1) is 0 Å². The molecule has 3 heteroatoms. The molecule has 3 nitrogen and oxygen atoms in total. The van der Waals surface area contributed by atoms with Crippen LogP contribution in [0.25, 0.3) is 0 Å². The summed E-state index contributed by atoms with van der Waals surface area (Å²) in [7, 11) is 0. The van der Waals surface area contributed by atoms with Crippen LogP contribution in [0.1, 0.15) is 51.5 Å². The molecule has 2 bridgehead atoms. The monoisotopic (exact) mass is 358 g/mol. The van der Waals surface area contributed by atoms with Gasteiger partial charge in [0.25, 0.3) is 0 Å². The predicted octanol–water partition coefficient (Wildman–Crippen LogP) is 4.74. The lowest BCUT2D eigenvalue weighted by Crippen LogP contribution is -2.30. The molecule has 2 aliphatic heterocycles. The molecule has 0 aliphatic carbocycles. The molecule has 144 valence electrons. The summed E-state index contributed by atoms with van der Waals surface area (Å²) in [5.41, 5.74) is 1.26.